The fraction of sp³-hybridized carbons (Fsp3) is 0.867. The molecule has 0 amide bonds. The number of rotatable bonds is 9. The standard InChI is InChI=1S/C15H28O5/c1-2-3-4-5-6-7-8-9-19-15-12(17)11-20-13(10-16)14(15)18/h4-5,12-18H,2-3,6-11H2,1H3/b5-4+/t12-,13+,14+,15+/m1/s1. The van der Waals surface area contributed by atoms with Gasteiger partial charge in [0.1, 0.15) is 24.4 Å². The number of hydrogen-bond acceptors (Lipinski definition) is 5. The molecule has 1 heterocycles. The summed E-state index contributed by atoms with van der Waals surface area (Å²) in [6, 6.07) is 0. The monoisotopic (exact) mass is 288 g/mol. The molecule has 3 N–H and O–H groups in total. The Hall–Kier alpha value is -0.460. The predicted octanol–water partition coefficient (Wildman–Crippen LogP) is 1.01. The Morgan fingerprint density at radius 1 is 1.20 bits per heavy atom. The van der Waals surface area contributed by atoms with Crippen molar-refractivity contribution in [3.05, 3.63) is 12.2 Å². The van der Waals surface area contributed by atoms with E-state index < -0.39 is 24.4 Å². The number of ether oxygens (including phenoxy) is 2. The summed E-state index contributed by atoms with van der Waals surface area (Å²) >= 11 is 0. The number of unbranched alkanes of at least 4 members (excludes halogenated alkanes) is 3. The number of aliphatic hydroxyl groups is 3. The van der Waals surface area contributed by atoms with Crippen LogP contribution in [0.3, 0.4) is 0 Å². The van der Waals surface area contributed by atoms with Gasteiger partial charge in [-0.05, 0) is 25.7 Å². The van der Waals surface area contributed by atoms with E-state index in [0.29, 0.717) is 6.61 Å². The Morgan fingerprint density at radius 2 is 1.95 bits per heavy atom. The maximum atomic E-state index is 9.92. The smallest absolute Gasteiger partial charge is 0.114 e. The quantitative estimate of drug-likeness (QED) is 0.436. The summed E-state index contributed by atoms with van der Waals surface area (Å²) in [5, 5.41) is 28.7. The van der Waals surface area contributed by atoms with Gasteiger partial charge in [0.2, 0.25) is 0 Å². The van der Waals surface area contributed by atoms with Crippen LogP contribution in [0.4, 0.5) is 0 Å². The first-order valence-corrected chi connectivity index (χ1v) is 7.55. The van der Waals surface area contributed by atoms with Gasteiger partial charge in [-0.15, -0.1) is 0 Å². The third kappa shape index (κ3) is 5.89. The van der Waals surface area contributed by atoms with Crippen LogP contribution in [0.25, 0.3) is 0 Å². The van der Waals surface area contributed by atoms with E-state index in [0.717, 1.165) is 25.7 Å². The predicted molar refractivity (Wildman–Crippen MR) is 76.5 cm³/mol. The highest BCUT2D eigenvalue weighted by Crippen LogP contribution is 2.18. The van der Waals surface area contributed by atoms with Gasteiger partial charge in [-0.3, -0.25) is 0 Å². The van der Waals surface area contributed by atoms with E-state index in [4.69, 9.17) is 14.6 Å². The van der Waals surface area contributed by atoms with Crippen LogP contribution in [0.2, 0.25) is 0 Å². The normalized spacial score (nSPS) is 31.0. The largest absolute Gasteiger partial charge is 0.394 e. The Kier molecular flexibility index (Phi) is 9.05. The van der Waals surface area contributed by atoms with E-state index in [2.05, 4.69) is 19.1 Å². The molecule has 0 bridgehead atoms. The van der Waals surface area contributed by atoms with Crippen LogP contribution in [-0.4, -0.2) is 59.6 Å². The highest BCUT2D eigenvalue weighted by Gasteiger charge is 2.38. The SMILES string of the molecule is CCC/C=C/CCCCO[C@@H]1[C@@H](O)[C@H](CO)OC[C@H]1O. The first-order chi connectivity index (χ1) is 9.70. The Morgan fingerprint density at radius 3 is 2.65 bits per heavy atom. The highest BCUT2D eigenvalue weighted by atomic mass is 16.6. The molecule has 4 atom stereocenters. The average Bonchev–Trinajstić information content (AvgIpc) is 2.45. The van der Waals surface area contributed by atoms with Gasteiger partial charge in [-0.2, -0.15) is 0 Å². The molecule has 1 aliphatic rings. The molecular formula is C15H28O5. The summed E-state index contributed by atoms with van der Waals surface area (Å²) in [5.41, 5.74) is 0. The molecule has 0 unspecified atom stereocenters. The lowest BCUT2D eigenvalue weighted by Crippen LogP contribution is -2.55. The van der Waals surface area contributed by atoms with Crippen LogP contribution in [-0.2, 0) is 9.47 Å². The van der Waals surface area contributed by atoms with E-state index in [1.54, 1.807) is 0 Å². The molecule has 1 rings (SSSR count). The van der Waals surface area contributed by atoms with Crippen LogP contribution < -0.4 is 0 Å². The van der Waals surface area contributed by atoms with E-state index >= 15 is 0 Å². The summed E-state index contributed by atoms with van der Waals surface area (Å²) in [4.78, 5) is 0. The Balaban J connectivity index is 2.16. The summed E-state index contributed by atoms with van der Waals surface area (Å²) in [6.07, 6.45) is 6.46. The van der Waals surface area contributed by atoms with Crippen molar-refractivity contribution in [1.29, 1.82) is 0 Å². The summed E-state index contributed by atoms with van der Waals surface area (Å²) in [5.74, 6) is 0. The lowest BCUT2D eigenvalue weighted by atomic mass is 10.0. The summed E-state index contributed by atoms with van der Waals surface area (Å²) < 4.78 is 10.7. The van der Waals surface area contributed by atoms with Crippen molar-refractivity contribution in [1.82, 2.24) is 0 Å². The average molecular weight is 288 g/mol. The molecule has 0 saturated carbocycles. The minimum Gasteiger partial charge on any atom is -0.394 e. The van der Waals surface area contributed by atoms with Crippen molar-refractivity contribution in [3.63, 3.8) is 0 Å². The fourth-order valence-electron chi connectivity index (χ4n) is 2.21. The molecule has 1 saturated heterocycles. The molecule has 1 fully saturated rings. The second kappa shape index (κ2) is 10.3. The molecule has 0 aromatic rings. The van der Waals surface area contributed by atoms with Crippen LogP contribution >= 0.6 is 0 Å². The van der Waals surface area contributed by atoms with Gasteiger partial charge in [0, 0.05) is 6.61 Å². The zero-order chi connectivity index (χ0) is 14.8. The molecule has 118 valence electrons. The molecule has 0 aliphatic carbocycles. The van der Waals surface area contributed by atoms with Gasteiger partial charge in [-0.1, -0.05) is 25.5 Å². The molecule has 0 spiro atoms. The van der Waals surface area contributed by atoms with Gasteiger partial charge < -0.3 is 24.8 Å². The van der Waals surface area contributed by atoms with Gasteiger partial charge in [0.15, 0.2) is 0 Å². The molecule has 5 nitrogen and oxygen atoms in total. The second-order valence-corrected chi connectivity index (χ2v) is 5.20. The van der Waals surface area contributed by atoms with E-state index in [9.17, 15) is 10.2 Å². The van der Waals surface area contributed by atoms with Crippen LogP contribution in [0.1, 0.15) is 39.0 Å². The maximum Gasteiger partial charge on any atom is 0.114 e. The highest BCUT2D eigenvalue weighted by molar-refractivity contribution is 4.87. The van der Waals surface area contributed by atoms with Gasteiger partial charge >= 0.3 is 0 Å². The Labute approximate surface area is 121 Å². The van der Waals surface area contributed by atoms with Gasteiger partial charge in [0.25, 0.3) is 0 Å². The van der Waals surface area contributed by atoms with Crippen molar-refractivity contribution >= 4 is 0 Å². The zero-order valence-corrected chi connectivity index (χ0v) is 12.3. The molecule has 20 heavy (non-hydrogen) atoms. The third-order valence-corrected chi connectivity index (χ3v) is 3.46. The fourth-order valence-corrected chi connectivity index (χ4v) is 2.21. The third-order valence-electron chi connectivity index (χ3n) is 3.46. The minimum atomic E-state index is -0.979. The molecule has 1 aliphatic heterocycles. The summed E-state index contributed by atoms with van der Waals surface area (Å²) in [6.45, 7) is 2.48. The van der Waals surface area contributed by atoms with Crippen molar-refractivity contribution < 1.29 is 24.8 Å². The van der Waals surface area contributed by atoms with E-state index in [1.807, 2.05) is 0 Å². The number of allylic oxidation sites excluding steroid dienone is 2. The maximum absolute atomic E-state index is 9.92. The van der Waals surface area contributed by atoms with Crippen LogP contribution in [0.15, 0.2) is 12.2 Å². The topological polar surface area (TPSA) is 79.2 Å². The molecular weight excluding hydrogens is 260 g/mol. The second-order valence-electron chi connectivity index (χ2n) is 5.20. The van der Waals surface area contributed by atoms with Crippen molar-refractivity contribution in [2.45, 2.75) is 63.4 Å². The number of aliphatic hydroxyl groups excluding tert-OH is 3. The first kappa shape index (κ1) is 17.6. The first-order valence-electron chi connectivity index (χ1n) is 7.55. The van der Waals surface area contributed by atoms with Crippen LogP contribution in [0, 0.1) is 0 Å². The molecule has 0 aromatic carbocycles. The lowest BCUT2D eigenvalue weighted by Gasteiger charge is -2.37. The van der Waals surface area contributed by atoms with Gasteiger partial charge in [0.05, 0.1) is 13.2 Å². The number of hydrogen-bond donors (Lipinski definition) is 3. The Bertz CT molecular complexity index is 269. The molecule has 0 aromatic heterocycles. The van der Waals surface area contributed by atoms with Gasteiger partial charge in [-0.25, -0.2) is 0 Å². The minimum absolute atomic E-state index is 0.0900. The molecule has 5 heteroatoms. The van der Waals surface area contributed by atoms with E-state index in [-0.39, 0.29) is 13.2 Å². The molecule has 0 radical (unpaired) electrons. The zero-order valence-electron chi connectivity index (χ0n) is 12.3. The lowest BCUT2D eigenvalue weighted by molar-refractivity contribution is -0.210. The van der Waals surface area contributed by atoms with Crippen molar-refractivity contribution in [2.75, 3.05) is 19.8 Å². The summed E-state index contributed by atoms with van der Waals surface area (Å²) in [7, 11) is 0. The van der Waals surface area contributed by atoms with Crippen LogP contribution in [0.5, 0.6) is 0 Å². The van der Waals surface area contributed by atoms with Crippen molar-refractivity contribution in [2.24, 2.45) is 0 Å². The van der Waals surface area contributed by atoms with Crippen molar-refractivity contribution in [3.8, 4) is 0 Å². The van der Waals surface area contributed by atoms with E-state index in [1.165, 1.54) is 6.42 Å².